The minimum atomic E-state index is 1.08. The maximum Gasteiger partial charge on any atom is 0.0678 e. The molecular weight excluding hydrogens is 248 g/mol. The summed E-state index contributed by atoms with van der Waals surface area (Å²) in [5.74, 6) is 0. The van der Waals surface area contributed by atoms with Crippen LogP contribution < -0.4 is 5.32 Å². The van der Waals surface area contributed by atoms with Gasteiger partial charge in [-0.3, -0.25) is 0 Å². The molecule has 1 N–H and O–H groups in total. The van der Waals surface area contributed by atoms with E-state index in [9.17, 15) is 0 Å². The molecule has 4 heteroatoms. The Hall–Kier alpha value is -1.65. The fourth-order valence-electron chi connectivity index (χ4n) is 2.70. The molecule has 1 aromatic carbocycles. The largest absolute Gasteiger partial charge is 0.314 e. The maximum absolute atomic E-state index is 4.43. The van der Waals surface area contributed by atoms with E-state index < -0.39 is 0 Å². The molecule has 0 bridgehead atoms. The Kier molecular flexibility index (Phi) is 4.14. The Morgan fingerprint density at radius 1 is 1.20 bits per heavy atom. The van der Waals surface area contributed by atoms with Gasteiger partial charge >= 0.3 is 0 Å². The number of para-hydroxylation sites is 1. The van der Waals surface area contributed by atoms with Gasteiger partial charge in [-0.2, -0.15) is 5.10 Å². The molecule has 2 heterocycles. The minimum absolute atomic E-state index is 1.08. The van der Waals surface area contributed by atoms with Crippen molar-refractivity contribution in [2.24, 2.45) is 0 Å². The highest BCUT2D eigenvalue weighted by Gasteiger charge is 2.11. The predicted molar refractivity (Wildman–Crippen MR) is 81.3 cm³/mol. The molecule has 0 aliphatic carbocycles. The van der Waals surface area contributed by atoms with Crippen molar-refractivity contribution in [1.29, 1.82) is 0 Å². The second-order valence-electron chi connectivity index (χ2n) is 5.43. The minimum Gasteiger partial charge on any atom is -0.314 e. The van der Waals surface area contributed by atoms with Crippen molar-refractivity contribution < 1.29 is 0 Å². The van der Waals surface area contributed by atoms with E-state index in [0.29, 0.717) is 0 Å². The van der Waals surface area contributed by atoms with E-state index in [1.807, 2.05) is 10.9 Å². The van der Waals surface area contributed by atoms with Crippen LogP contribution in [0, 0.1) is 6.92 Å². The van der Waals surface area contributed by atoms with Crippen LogP contribution in [-0.2, 0) is 6.42 Å². The summed E-state index contributed by atoms with van der Waals surface area (Å²) in [5, 5.41) is 7.83. The molecule has 0 unspecified atom stereocenters. The molecule has 1 aliphatic heterocycles. The topological polar surface area (TPSA) is 33.1 Å². The molecule has 1 saturated heterocycles. The first-order valence-corrected chi connectivity index (χ1v) is 7.35. The van der Waals surface area contributed by atoms with Gasteiger partial charge in [-0.1, -0.05) is 18.2 Å². The second-order valence-corrected chi connectivity index (χ2v) is 5.43. The molecule has 2 aromatic rings. The highest BCUT2D eigenvalue weighted by atomic mass is 15.3. The smallest absolute Gasteiger partial charge is 0.0678 e. The van der Waals surface area contributed by atoms with Crippen LogP contribution in [0.25, 0.3) is 5.69 Å². The van der Waals surface area contributed by atoms with Crippen molar-refractivity contribution >= 4 is 0 Å². The van der Waals surface area contributed by atoms with Gasteiger partial charge in [-0.25, -0.2) is 4.68 Å². The Labute approximate surface area is 120 Å². The molecule has 0 atom stereocenters. The van der Waals surface area contributed by atoms with Gasteiger partial charge in [0.05, 0.1) is 11.9 Å². The average Bonchev–Trinajstić information content (AvgIpc) is 2.93. The number of nitrogens with zero attached hydrogens (tertiary/aromatic N) is 3. The van der Waals surface area contributed by atoms with Gasteiger partial charge in [-0.05, 0) is 30.5 Å². The summed E-state index contributed by atoms with van der Waals surface area (Å²) in [4.78, 5) is 2.53. The lowest BCUT2D eigenvalue weighted by Crippen LogP contribution is -2.44. The normalized spacial score (nSPS) is 16.4. The first-order valence-electron chi connectivity index (χ1n) is 7.35. The first-order chi connectivity index (χ1) is 9.83. The molecule has 0 amide bonds. The van der Waals surface area contributed by atoms with Crippen molar-refractivity contribution in [3.8, 4) is 5.69 Å². The Morgan fingerprint density at radius 3 is 2.75 bits per heavy atom. The van der Waals surface area contributed by atoms with Crippen LogP contribution in [0.1, 0.15) is 11.1 Å². The van der Waals surface area contributed by atoms with Crippen LogP contribution >= 0.6 is 0 Å². The SMILES string of the molecule is Cc1cnn(-c2ccccc2CCN2CCNCC2)c1. The molecule has 3 rings (SSSR count). The van der Waals surface area contributed by atoms with Gasteiger partial charge in [-0.15, -0.1) is 0 Å². The number of nitrogens with one attached hydrogen (secondary N) is 1. The third kappa shape index (κ3) is 3.08. The lowest BCUT2D eigenvalue weighted by Gasteiger charge is -2.27. The number of hydrogen-bond acceptors (Lipinski definition) is 3. The molecule has 1 aliphatic rings. The summed E-state index contributed by atoms with van der Waals surface area (Å²) in [5.41, 5.74) is 3.77. The van der Waals surface area contributed by atoms with Crippen molar-refractivity contribution in [1.82, 2.24) is 20.0 Å². The quantitative estimate of drug-likeness (QED) is 0.916. The summed E-state index contributed by atoms with van der Waals surface area (Å²) in [7, 11) is 0. The van der Waals surface area contributed by atoms with Gasteiger partial charge < -0.3 is 10.2 Å². The molecule has 4 nitrogen and oxygen atoms in total. The zero-order valence-corrected chi connectivity index (χ0v) is 12.0. The zero-order chi connectivity index (χ0) is 13.8. The summed E-state index contributed by atoms with van der Waals surface area (Å²) in [6, 6.07) is 8.57. The lowest BCUT2D eigenvalue weighted by molar-refractivity contribution is 0.244. The highest BCUT2D eigenvalue weighted by molar-refractivity contribution is 5.40. The monoisotopic (exact) mass is 270 g/mol. The predicted octanol–water partition coefficient (Wildman–Crippen LogP) is 1.63. The van der Waals surface area contributed by atoms with E-state index in [1.54, 1.807) is 0 Å². The molecule has 106 valence electrons. The van der Waals surface area contributed by atoms with Gasteiger partial charge in [0.25, 0.3) is 0 Å². The average molecular weight is 270 g/mol. The molecule has 1 fully saturated rings. The molecule has 0 spiro atoms. The number of hydrogen-bond donors (Lipinski definition) is 1. The van der Waals surface area contributed by atoms with Crippen molar-refractivity contribution in [2.45, 2.75) is 13.3 Å². The molecule has 0 saturated carbocycles. The van der Waals surface area contributed by atoms with E-state index in [1.165, 1.54) is 16.8 Å². The first kappa shape index (κ1) is 13.3. The molecule has 1 aromatic heterocycles. The lowest BCUT2D eigenvalue weighted by atomic mass is 10.1. The van der Waals surface area contributed by atoms with E-state index >= 15 is 0 Å². The van der Waals surface area contributed by atoms with Crippen molar-refractivity contribution in [3.63, 3.8) is 0 Å². The summed E-state index contributed by atoms with van der Waals surface area (Å²) >= 11 is 0. The van der Waals surface area contributed by atoms with Crippen LogP contribution in [0.15, 0.2) is 36.7 Å². The third-order valence-electron chi connectivity index (χ3n) is 3.86. The van der Waals surface area contributed by atoms with Gasteiger partial charge in [0.1, 0.15) is 0 Å². The number of rotatable bonds is 4. The Morgan fingerprint density at radius 2 is 2.00 bits per heavy atom. The molecule has 20 heavy (non-hydrogen) atoms. The van der Waals surface area contributed by atoms with Gasteiger partial charge in [0.15, 0.2) is 0 Å². The standard InChI is InChI=1S/C16H22N4/c1-14-12-18-20(13-14)16-5-3-2-4-15(16)6-9-19-10-7-17-8-11-19/h2-5,12-13,17H,6-11H2,1H3. The maximum atomic E-state index is 4.43. The number of aryl methyl sites for hydroxylation is 1. The van der Waals surface area contributed by atoms with Crippen LogP contribution in [-0.4, -0.2) is 47.4 Å². The van der Waals surface area contributed by atoms with Crippen molar-refractivity contribution in [3.05, 3.63) is 47.8 Å². The van der Waals surface area contributed by atoms with Crippen LogP contribution in [0.5, 0.6) is 0 Å². The fourth-order valence-corrected chi connectivity index (χ4v) is 2.70. The van der Waals surface area contributed by atoms with Gasteiger partial charge in [0, 0.05) is 38.9 Å². The van der Waals surface area contributed by atoms with E-state index in [4.69, 9.17) is 0 Å². The number of benzene rings is 1. The van der Waals surface area contributed by atoms with E-state index in [2.05, 4.69) is 52.7 Å². The van der Waals surface area contributed by atoms with Crippen LogP contribution in [0.3, 0.4) is 0 Å². The Balaban J connectivity index is 1.72. The van der Waals surface area contributed by atoms with E-state index in [-0.39, 0.29) is 0 Å². The fraction of sp³-hybridized carbons (Fsp3) is 0.438. The summed E-state index contributed by atoms with van der Waals surface area (Å²) < 4.78 is 1.99. The zero-order valence-electron chi connectivity index (χ0n) is 12.0. The van der Waals surface area contributed by atoms with E-state index in [0.717, 1.165) is 39.1 Å². The van der Waals surface area contributed by atoms with Crippen LogP contribution in [0.4, 0.5) is 0 Å². The van der Waals surface area contributed by atoms with Crippen LogP contribution in [0.2, 0.25) is 0 Å². The molecule has 0 radical (unpaired) electrons. The van der Waals surface area contributed by atoms with Crippen molar-refractivity contribution in [2.75, 3.05) is 32.7 Å². The Bertz CT molecular complexity index is 555. The highest BCUT2D eigenvalue weighted by Crippen LogP contribution is 2.15. The summed E-state index contributed by atoms with van der Waals surface area (Å²) in [6.45, 7) is 7.73. The number of piperazine rings is 1. The summed E-state index contributed by atoms with van der Waals surface area (Å²) in [6.07, 6.45) is 5.08. The number of aromatic nitrogens is 2. The second kappa shape index (κ2) is 6.20. The van der Waals surface area contributed by atoms with Gasteiger partial charge in [0.2, 0.25) is 0 Å². The third-order valence-corrected chi connectivity index (χ3v) is 3.86. The molecular formula is C16H22N4.